The van der Waals surface area contributed by atoms with Gasteiger partial charge in [-0.1, -0.05) is 13.8 Å². The molecule has 2 rings (SSSR count). The Balaban J connectivity index is 2.19. The molecular weight excluding hydrogens is 258 g/mol. The van der Waals surface area contributed by atoms with Crippen molar-refractivity contribution in [2.75, 3.05) is 11.9 Å². The molecule has 0 aromatic carbocycles. The van der Waals surface area contributed by atoms with E-state index in [2.05, 4.69) is 39.1 Å². The molecule has 0 saturated carbocycles. The zero-order valence-electron chi connectivity index (χ0n) is 11.1. The van der Waals surface area contributed by atoms with E-state index in [-0.39, 0.29) is 0 Å². The number of hydrogen-bond donors (Lipinski definition) is 1. The summed E-state index contributed by atoms with van der Waals surface area (Å²) in [6.45, 7) is 5.10. The third kappa shape index (κ3) is 4.17. The predicted octanol–water partition coefficient (Wildman–Crippen LogP) is 2.80. The average molecular weight is 275 g/mol. The van der Waals surface area contributed by atoms with Gasteiger partial charge in [-0.25, -0.2) is 19.9 Å². The SMILES string of the molecule is CCCNc1cc(Sc2ccncn2)nc(CC)n1. The minimum atomic E-state index is 0.818. The Labute approximate surface area is 117 Å². The van der Waals surface area contributed by atoms with Crippen LogP contribution in [-0.4, -0.2) is 26.5 Å². The van der Waals surface area contributed by atoms with E-state index in [0.29, 0.717) is 0 Å². The zero-order chi connectivity index (χ0) is 13.5. The fourth-order valence-corrected chi connectivity index (χ4v) is 2.24. The Morgan fingerprint density at radius 3 is 2.79 bits per heavy atom. The molecule has 2 aromatic heterocycles. The van der Waals surface area contributed by atoms with E-state index in [1.807, 2.05) is 12.1 Å². The molecule has 0 aliphatic rings. The van der Waals surface area contributed by atoms with Crippen molar-refractivity contribution in [3.63, 3.8) is 0 Å². The fraction of sp³-hybridized carbons (Fsp3) is 0.385. The molecule has 1 N–H and O–H groups in total. The molecule has 0 bridgehead atoms. The van der Waals surface area contributed by atoms with Gasteiger partial charge in [0.1, 0.15) is 28.0 Å². The molecule has 0 aliphatic carbocycles. The Morgan fingerprint density at radius 2 is 2.11 bits per heavy atom. The largest absolute Gasteiger partial charge is 0.370 e. The van der Waals surface area contributed by atoms with Gasteiger partial charge in [0.2, 0.25) is 0 Å². The molecule has 0 spiro atoms. The van der Waals surface area contributed by atoms with Gasteiger partial charge in [0, 0.05) is 25.2 Å². The summed E-state index contributed by atoms with van der Waals surface area (Å²) in [5.41, 5.74) is 0. The number of hydrogen-bond acceptors (Lipinski definition) is 6. The molecule has 0 unspecified atom stereocenters. The maximum absolute atomic E-state index is 4.51. The lowest BCUT2D eigenvalue weighted by Crippen LogP contribution is -2.05. The first kappa shape index (κ1) is 13.7. The summed E-state index contributed by atoms with van der Waals surface area (Å²) in [6.07, 6.45) is 5.16. The first-order valence-corrected chi connectivity index (χ1v) is 7.19. The maximum atomic E-state index is 4.51. The highest BCUT2D eigenvalue weighted by molar-refractivity contribution is 7.99. The van der Waals surface area contributed by atoms with Gasteiger partial charge in [0.15, 0.2) is 0 Å². The van der Waals surface area contributed by atoms with Crippen LogP contribution in [0.1, 0.15) is 26.1 Å². The molecule has 6 heteroatoms. The van der Waals surface area contributed by atoms with E-state index in [1.165, 1.54) is 11.8 Å². The molecule has 0 amide bonds. The number of aromatic nitrogens is 4. The Kier molecular flexibility index (Phi) is 5.09. The van der Waals surface area contributed by atoms with E-state index in [4.69, 9.17) is 0 Å². The van der Waals surface area contributed by atoms with Gasteiger partial charge in [-0.2, -0.15) is 0 Å². The van der Waals surface area contributed by atoms with Crippen LogP contribution in [0.4, 0.5) is 5.82 Å². The standard InChI is InChI=1S/C13H17N5S/c1-3-6-15-11-8-13(18-10(4-2)17-11)19-12-5-7-14-9-16-12/h5,7-9H,3-4,6H2,1-2H3,(H,15,17,18). The second-order valence-electron chi connectivity index (χ2n) is 3.94. The number of nitrogens with one attached hydrogen (secondary N) is 1. The van der Waals surface area contributed by atoms with Gasteiger partial charge in [-0.15, -0.1) is 0 Å². The van der Waals surface area contributed by atoms with Crippen molar-refractivity contribution in [3.8, 4) is 0 Å². The molecule has 5 nitrogen and oxygen atoms in total. The number of nitrogens with zero attached hydrogens (tertiary/aromatic N) is 4. The topological polar surface area (TPSA) is 63.6 Å². The van der Waals surface area contributed by atoms with E-state index in [1.54, 1.807) is 12.5 Å². The van der Waals surface area contributed by atoms with Crippen molar-refractivity contribution < 1.29 is 0 Å². The smallest absolute Gasteiger partial charge is 0.131 e. The average Bonchev–Trinajstić information content (AvgIpc) is 2.46. The Hall–Kier alpha value is -1.69. The molecule has 19 heavy (non-hydrogen) atoms. The van der Waals surface area contributed by atoms with E-state index < -0.39 is 0 Å². The van der Waals surface area contributed by atoms with Crippen LogP contribution in [-0.2, 0) is 6.42 Å². The van der Waals surface area contributed by atoms with Crippen LogP contribution in [0.2, 0.25) is 0 Å². The lowest BCUT2D eigenvalue weighted by Gasteiger charge is -2.08. The summed E-state index contributed by atoms with van der Waals surface area (Å²) < 4.78 is 0. The normalized spacial score (nSPS) is 10.4. The predicted molar refractivity (Wildman–Crippen MR) is 76.3 cm³/mol. The summed E-state index contributed by atoms with van der Waals surface area (Å²) in [6, 6.07) is 3.83. The van der Waals surface area contributed by atoms with Crippen LogP contribution in [0.3, 0.4) is 0 Å². The van der Waals surface area contributed by atoms with Crippen molar-refractivity contribution in [1.82, 2.24) is 19.9 Å². The van der Waals surface area contributed by atoms with Crippen LogP contribution in [0, 0.1) is 0 Å². The highest BCUT2D eigenvalue weighted by Gasteiger charge is 2.05. The van der Waals surface area contributed by atoms with Crippen LogP contribution < -0.4 is 5.32 Å². The third-order valence-corrected chi connectivity index (χ3v) is 3.25. The highest BCUT2D eigenvalue weighted by Crippen LogP contribution is 2.25. The quantitative estimate of drug-likeness (QED) is 0.818. The lowest BCUT2D eigenvalue weighted by atomic mass is 10.4. The Morgan fingerprint density at radius 1 is 1.21 bits per heavy atom. The van der Waals surface area contributed by atoms with Gasteiger partial charge in [-0.3, -0.25) is 0 Å². The van der Waals surface area contributed by atoms with E-state index >= 15 is 0 Å². The summed E-state index contributed by atoms with van der Waals surface area (Å²) in [5.74, 6) is 1.72. The van der Waals surface area contributed by atoms with Crippen molar-refractivity contribution in [2.45, 2.75) is 36.7 Å². The second kappa shape index (κ2) is 7.04. The minimum Gasteiger partial charge on any atom is -0.370 e. The van der Waals surface area contributed by atoms with E-state index in [9.17, 15) is 0 Å². The first-order chi connectivity index (χ1) is 9.31. The monoisotopic (exact) mass is 275 g/mol. The molecule has 0 atom stereocenters. The van der Waals surface area contributed by atoms with Crippen molar-refractivity contribution in [3.05, 3.63) is 30.5 Å². The summed E-state index contributed by atoms with van der Waals surface area (Å²) in [5, 5.41) is 5.09. The van der Waals surface area contributed by atoms with Gasteiger partial charge in [0.05, 0.1) is 0 Å². The van der Waals surface area contributed by atoms with Crippen LogP contribution >= 0.6 is 11.8 Å². The van der Waals surface area contributed by atoms with E-state index in [0.717, 1.165) is 41.1 Å². The van der Waals surface area contributed by atoms with Crippen molar-refractivity contribution >= 4 is 17.6 Å². The number of anilines is 1. The van der Waals surface area contributed by atoms with Gasteiger partial charge in [-0.05, 0) is 24.2 Å². The molecule has 0 aliphatic heterocycles. The minimum absolute atomic E-state index is 0.818. The summed E-state index contributed by atoms with van der Waals surface area (Å²) in [4.78, 5) is 17.1. The van der Waals surface area contributed by atoms with Crippen LogP contribution in [0.5, 0.6) is 0 Å². The Bertz CT molecular complexity index is 518. The van der Waals surface area contributed by atoms with Gasteiger partial charge < -0.3 is 5.32 Å². The first-order valence-electron chi connectivity index (χ1n) is 6.37. The second-order valence-corrected chi connectivity index (χ2v) is 4.98. The number of rotatable bonds is 6. The fourth-order valence-electron chi connectivity index (χ4n) is 1.47. The molecule has 2 aromatic rings. The molecule has 100 valence electrons. The van der Waals surface area contributed by atoms with Gasteiger partial charge >= 0.3 is 0 Å². The van der Waals surface area contributed by atoms with Crippen molar-refractivity contribution in [1.29, 1.82) is 0 Å². The van der Waals surface area contributed by atoms with Crippen LogP contribution in [0.15, 0.2) is 34.7 Å². The summed E-state index contributed by atoms with van der Waals surface area (Å²) >= 11 is 1.52. The molecule has 2 heterocycles. The van der Waals surface area contributed by atoms with Crippen LogP contribution in [0.25, 0.3) is 0 Å². The number of aryl methyl sites for hydroxylation is 1. The summed E-state index contributed by atoms with van der Waals surface area (Å²) in [7, 11) is 0. The molecule has 0 saturated heterocycles. The molecule has 0 fully saturated rings. The molecular formula is C13H17N5S. The highest BCUT2D eigenvalue weighted by atomic mass is 32.2. The van der Waals surface area contributed by atoms with Gasteiger partial charge in [0.25, 0.3) is 0 Å². The molecule has 0 radical (unpaired) electrons. The maximum Gasteiger partial charge on any atom is 0.131 e. The third-order valence-electron chi connectivity index (χ3n) is 2.39. The van der Waals surface area contributed by atoms with Crippen molar-refractivity contribution in [2.24, 2.45) is 0 Å². The lowest BCUT2D eigenvalue weighted by molar-refractivity contribution is 0.876. The zero-order valence-corrected chi connectivity index (χ0v) is 11.9.